The number of hydrogen-bond donors (Lipinski definition) is 4. The van der Waals surface area contributed by atoms with Gasteiger partial charge in [-0.25, -0.2) is 4.18 Å². The molecule has 1 aliphatic heterocycles. The predicted octanol–water partition coefficient (Wildman–Crippen LogP) is 9.29. The molecule has 6 unspecified atom stereocenters. The first-order valence-corrected chi connectivity index (χ1v) is 23.7. The van der Waals surface area contributed by atoms with Gasteiger partial charge in [0.05, 0.1) is 19.8 Å². The quantitative estimate of drug-likeness (QED) is 0.0202. The molecule has 1 heterocycles. The standard InChI is InChI=1S/C47H78O12S/c1-3-5-7-9-11-13-15-17-19-21-22-24-26-28-30-32-34-36-43(49)57-41(40-56-47-45(51)46(59-60(52,53)54)44(50)42(38-48)58-47)39-55-37-35-33-31-29-27-25-23-20-18-16-14-12-10-8-6-4-2/h5-8,11-14,17-20,25,27,41-42,44-48,50-51H,3-4,9-10,15-16,21-24,26,28-40H2,1-2H3,(H,52,53,54)/b7-5-,8-6-,13-11-,14-12-,19-17-,20-18-,27-25-. The van der Waals surface area contributed by atoms with Gasteiger partial charge in [-0.2, -0.15) is 8.42 Å². The third-order valence-electron chi connectivity index (χ3n) is 9.51. The first-order valence-electron chi connectivity index (χ1n) is 22.3. The van der Waals surface area contributed by atoms with Gasteiger partial charge in [-0.3, -0.25) is 9.35 Å². The number of rotatable bonds is 37. The topological polar surface area (TPSA) is 178 Å². The summed E-state index contributed by atoms with van der Waals surface area (Å²) in [4.78, 5) is 12.8. The number of ether oxygens (including phenoxy) is 4. The van der Waals surface area contributed by atoms with Gasteiger partial charge in [0.1, 0.15) is 30.5 Å². The molecule has 4 N–H and O–H groups in total. The van der Waals surface area contributed by atoms with Crippen LogP contribution >= 0.6 is 0 Å². The number of allylic oxidation sites excluding steroid dienone is 14. The van der Waals surface area contributed by atoms with E-state index in [1.165, 1.54) is 12.8 Å². The Morgan fingerprint density at radius 2 is 1.10 bits per heavy atom. The summed E-state index contributed by atoms with van der Waals surface area (Å²) in [6, 6.07) is 0. The highest BCUT2D eigenvalue weighted by molar-refractivity contribution is 7.80. The molecular weight excluding hydrogens is 789 g/mol. The van der Waals surface area contributed by atoms with E-state index < -0.39 is 59.8 Å². The smallest absolute Gasteiger partial charge is 0.397 e. The van der Waals surface area contributed by atoms with Crippen molar-refractivity contribution in [3.8, 4) is 0 Å². The van der Waals surface area contributed by atoms with Crippen LogP contribution in [0, 0.1) is 0 Å². The van der Waals surface area contributed by atoms with E-state index in [1.54, 1.807) is 0 Å². The summed E-state index contributed by atoms with van der Waals surface area (Å²) >= 11 is 0. The number of carbonyl (C=O) groups excluding carboxylic acids is 1. The summed E-state index contributed by atoms with van der Waals surface area (Å²) in [6.07, 6.45) is 40.4. The molecule has 12 nitrogen and oxygen atoms in total. The lowest BCUT2D eigenvalue weighted by Gasteiger charge is -2.41. The third kappa shape index (κ3) is 31.2. The maximum Gasteiger partial charge on any atom is 0.397 e. The highest BCUT2D eigenvalue weighted by atomic mass is 32.3. The molecule has 1 rings (SSSR count). The minimum absolute atomic E-state index is 0.00492. The van der Waals surface area contributed by atoms with E-state index in [-0.39, 0.29) is 19.6 Å². The Hall–Kier alpha value is -2.72. The van der Waals surface area contributed by atoms with Gasteiger partial charge >= 0.3 is 16.4 Å². The average Bonchev–Trinajstić information content (AvgIpc) is 3.22. The first-order chi connectivity index (χ1) is 29.1. The molecule has 0 spiro atoms. The van der Waals surface area contributed by atoms with Crippen LogP contribution in [0.4, 0.5) is 0 Å². The minimum atomic E-state index is -5.07. The van der Waals surface area contributed by atoms with Crippen LogP contribution in [0.15, 0.2) is 85.1 Å². The third-order valence-corrected chi connectivity index (χ3v) is 9.98. The molecule has 0 amide bonds. The fourth-order valence-corrected chi connectivity index (χ4v) is 6.71. The molecule has 0 aromatic carbocycles. The molecule has 0 radical (unpaired) electrons. The van der Waals surface area contributed by atoms with Crippen LogP contribution in [0.5, 0.6) is 0 Å². The molecule has 0 aromatic heterocycles. The van der Waals surface area contributed by atoms with Crippen molar-refractivity contribution in [1.82, 2.24) is 0 Å². The molecule has 1 fully saturated rings. The summed E-state index contributed by atoms with van der Waals surface area (Å²) in [5.41, 5.74) is 0. The zero-order valence-electron chi connectivity index (χ0n) is 36.5. The maximum atomic E-state index is 12.8. The molecule has 13 heteroatoms. The van der Waals surface area contributed by atoms with Crippen molar-refractivity contribution in [3.63, 3.8) is 0 Å². The molecule has 6 atom stereocenters. The van der Waals surface area contributed by atoms with E-state index in [2.05, 4.69) is 103 Å². The van der Waals surface area contributed by atoms with Crippen molar-refractivity contribution < 1.29 is 56.2 Å². The van der Waals surface area contributed by atoms with Crippen molar-refractivity contribution in [1.29, 1.82) is 0 Å². The number of unbranched alkanes of at least 4 members (excludes halogenated alkanes) is 10. The number of carbonyl (C=O) groups is 1. The van der Waals surface area contributed by atoms with Gasteiger partial charge in [0.2, 0.25) is 0 Å². The molecule has 0 bridgehead atoms. The van der Waals surface area contributed by atoms with Crippen LogP contribution in [0.25, 0.3) is 0 Å². The van der Waals surface area contributed by atoms with Gasteiger partial charge < -0.3 is 34.3 Å². The van der Waals surface area contributed by atoms with Crippen LogP contribution < -0.4 is 0 Å². The van der Waals surface area contributed by atoms with Crippen LogP contribution in [0.2, 0.25) is 0 Å². The number of hydrogen-bond acceptors (Lipinski definition) is 11. The lowest BCUT2D eigenvalue weighted by molar-refractivity contribution is -0.301. The second-order valence-corrected chi connectivity index (χ2v) is 15.9. The average molecular weight is 867 g/mol. The Bertz CT molecular complexity index is 1370. The van der Waals surface area contributed by atoms with E-state index in [0.717, 1.165) is 103 Å². The second kappa shape index (κ2) is 38.0. The van der Waals surface area contributed by atoms with Crippen LogP contribution in [0.1, 0.15) is 142 Å². The monoisotopic (exact) mass is 867 g/mol. The van der Waals surface area contributed by atoms with Crippen molar-refractivity contribution >= 4 is 16.4 Å². The summed E-state index contributed by atoms with van der Waals surface area (Å²) in [5.74, 6) is -0.425. The molecule has 0 aromatic rings. The molecular formula is C47H78O12S. The molecule has 60 heavy (non-hydrogen) atoms. The molecule has 1 saturated heterocycles. The van der Waals surface area contributed by atoms with E-state index in [0.29, 0.717) is 13.0 Å². The van der Waals surface area contributed by atoms with Crippen LogP contribution in [-0.2, 0) is 38.3 Å². The number of esters is 1. The normalized spacial score (nSPS) is 21.1. The Morgan fingerprint density at radius 1 is 0.633 bits per heavy atom. The first kappa shape index (κ1) is 55.3. The summed E-state index contributed by atoms with van der Waals surface area (Å²) in [6.45, 7) is 3.65. The van der Waals surface area contributed by atoms with E-state index >= 15 is 0 Å². The Kier molecular flexibility index (Phi) is 35.0. The van der Waals surface area contributed by atoms with E-state index in [9.17, 15) is 28.5 Å². The van der Waals surface area contributed by atoms with Crippen molar-refractivity contribution in [3.05, 3.63) is 85.1 Å². The molecule has 344 valence electrons. The highest BCUT2D eigenvalue weighted by Gasteiger charge is 2.48. The summed E-state index contributed by atoms with van der Waals surface area (Å²) < 4.78 is 59.0. The summed E-state index contributed by atoms with van der Waals surface area (Å²) in [7, 11) is -5.07. The number of aliphatic hydroxyl groups excluding tert-OH is 3. The van der Waals surface area contributed by atoms with Gasteiger partial charge in [-0.15, -0.1) is 0 Å². The van der Waals surface area contributed by atoms with Crippen LogP contribution in [-0.4, -0.2) is 97.5 Å². The second-order valence-electron chi connectivity index (χ2n) is 14.9. The van der Waals surface area contributed by atoms with Gasteiger partial charge in [0.15, 0.2) is 6.29 Å². The van der Waals surface area contributed by atoms with Crippen molar-refractivity contribution in [2.24, 2.45) is 0 Å². The predicted molar refractivity (Wildman–Crippen MR) is 239 cm³/mol. The van der Waals surface area contributed by atoms with E-state index in [4.69, 9.17) is 23.5 Å². The van der Waals surface area contributed by atoms with Gasteiger partial charge in [-0.05, 0) is 83.5 Å². The SMILES string of the molecule is CC/C=C\C/C=C\C/C=C\C/C=C\CCCCCOCC(COC1OC(CO)C(O)C(OS(=O)(=O)O)C1O)OC(=O)CCCCCCCCC/C=C\C/C=C\C/C=C\CC. The van der Waals surface area contributed by atoms with E-state index in [1.807, 2.05) is 0 Å². The summed E-state index contributed by atoms with van der Waals surface area (Å²) in [5, 5.41) is 30.7. The van der Waals surface area contributed by atoms with Crippen LogP contribution in [0.3, 0.4) is 0 Å². The van der Waals surface area contributed by atoms with Gasteiger partial charge in [0.25, 0.3) is 0 Å². The van der Waals surface area contributed by atoms with Crippen molar-refractivity contribution in [2.75, 3.05) is 26.4 Å². The molecule has 0 saturated carbocycles. The minimum Gasteiger partial charge on any atom is -0.457 e. The van der Waals surface area contributed by atoms with Gasteiger partial charge in [-0.1, -0.05) is 137 Å². The zero-order valence-corrected chi connectivity index (χ0v) is 37.3. The Balaban J connectivity index is 2.47. The zero-order chi connectivity index (χ0) is 43.9. The fourth-order valence-electron chi connectivity index (χ4n) is 6.21. The largest absolute Gasteiger partial charge is 0.457 e. The van der Waals surface area contributed by atoms with Crippen molar-refractivity contribution in [2.45, 2.75) is 179 Å². The van der Waals surface area contributed by atoms with Gasteiger partial charge in [0, 0.05) is 13.0 Å². The lowest BCUT2D eigenvalue weighted by Crippen LogP contribution is -2.60. The molecule has 0 aliphatic carbocycles. The Labute approximate surface area is 362 Å². The lowest BCUT2D eigenvalue weighted by atomic mass is 9.99. The highest BCUT2D eigenvalue weighted by Crippen LogP contribution is 2.26. The Morgan fingerprint density at radius 3 is 1.60 bits per heavy atom. The maximum absolute atomic E-state index is 12.8. The number of aliphatic hydroxyl groups is 3. The fraction of sp³-hybridized carbons (Fsp3) is 0.681. The molecule has 1 aliphatic rings.